The minimum absolute atomic E-state index is 0.146. The lowest BCUT2D eigenvalue weighted by Crippen LogP contribution is -2.41. The predicted octanol–water partition coefficient (Wildman–Crippen LogP) is 3.45. The zero-order valence-electron chi connectivity index (χ0n) is 10.9. The maximum Gasteiger partial charge on any atom is 0.255 e. The molecule has 1 heterocycles. The van der Waals surface area contributed by atoms with Gasteiger partial charge in [-0.3, -0.25) is 4.79 Å². The number of halogens is 3. The molecular weight excluding hydrogens is 349 g/mol. The Morgan fingerprint density at radius 2 is 2.15 bits per heavy atom. The van der Waals surface area contributed by atoms with Gasteiger partial charge in [0.15, 0.2) is 0 Å². The minimum atomic E-state index is -0.406. The van der Waals surface area contributed by atoms with Crippen LogP contribution < -0.4 is 0 Å². The molecule has 0 unspecified atom stereocenters. The number of hydrogen-bond acceptors (Lipinski definition) is 2. The number of rotatable bonds is 4. The first kappa shape index (κ1) is 15.7. The molecule has 1 amide bonds. The quantitative estimate of drug-likeness (QED) is 0.766. The molecule has 3 nitrogen and oxygen atoms in total. The van der Waals surface area contributed by atoms with Crippen molar-refractivity contribution in [1.29, 1.82) is 0 Å². The first-order valence-electron chi connectivity index (χ1n) is 6.53. The Hall–Kier alpha value is -0.650. The summed E-state index contributed by atoms with van der Waals surface area (Å²) in [5, 5.41) is 0. The number of ether oxygens (including phenoxy) is 1. The summed E-state index contributed by atoms with van der Waals surface area (Å²) in [6, 6.07) is 4.15. The number of piperidine rings is 1. The van der Waals surface area contributed by atoms with Crippen molar-refractivity contribution in [3.05, 3.63) is 34.1 Å². The summed E-state index contributed by atoms with van der Waals surface area (Å²) >= 11 is 8.87. The van der Waals surface area contributed by atoms with E-state index >= 15 is 0 Å². The molecule has 0 atom stereocenters. The van der Waals surface area contributed by atoms with Gasteiger partial charge in [0.05, 0.1) is 18.3 Å². The van der Waals surface area contributed by atoms with Gasteiger partial charge in [-0.1, -0.05) is 0 Å². The van der Waals surface area contributed by atoms with Gasteiger partial charge >= 0.3 is 0 Å². The maximum atomic E-state index is 13.3. The molecule has 0 spiro atoms. The lowest BCUT2D eigenvalue weighted by atomic mass is 10.1. The molecule has 110 valence electrons. The van der Waals surface area contributed by atoms with E-state index in [9.17, 15) is 9.18 Å². The molecule has 20 heavy (non-hydrogen) atoms. The second kappa shape index (κ2) is 7.38. The van der Waals surface area contributed by atoms with Gasteiger partial charge < -0.3 is 9.64 Å². The molecule has 0 bridgehead atoms. The van der Waals surface area contributed by atoms with Crippen molar-refractivity contribution in [3.8, 4) is 0 Å². The third kappa shape index (κ3) is 3.93. The number of nitrogens with zero attached hydrogens (tertiary/aromatic N) is 1. The molecule has 0 radical (unpaired) electrons. The van der Waals surface area contributed by atoms with Gasteiger partial charge in [0.1, 0.15) is 5.82 Å². The van der Waals surface area contributed by atoms with E-state index in [1.807, 2.05) is 0 Å². The first-order chi connectivity index (χ1) is 9.61. The molecule has 1 aliphatic rings. The highest BCUT2D eigenvalue weighted by molar-refractivity contribution is 9.10. The molecule has 0 N–H and O–H groups in total. The summed E-state index contributed by atoms with van der Waals surface area (Å²) in [4.78, 5) is 14.1. The van der Waals surface area contributed by atoms with Gasteiger partial charge in [0.25, 0.3) is 5.91 Å². The van der Waals surface area contributed by atoms with Crippen LogP contribution in [0.1, 0.15) is 23.2 Å². The van der Waals surface area contributed by atoms with Gasteiger partial charge in [-0.05, 0) is 47.0 Å². The van der Waals surface area contributed by atoms with Crippen LogP contribution in [-0.4, -0.2) is 42.5 Å². The Morgan fingerprint density at radius 3 is 2.80 bits per heavy atom. The van der Waals surface area contributed by atoms with E-state index in [0.717, 1.165) is 12.8 Å². The Morgan fingerprint density at radius 1 is 1.45 bits per heavy atom. The highest BCUT2D eigenvalue weighted by atomic mass is 79.9. The number of carbonyl (C=O) groups is 1. The average molecular weight is 365 g/mol. The van der Waals surface area contributed by atoms with E-state index in [0.29, 0.717) is 35.6 Å². The van der Waals surface area contributed by atoms with Crippen LogP contribution in [0.2, 0.25) is 0 Å². The Labute approximate surface area is 131 Å². The van der Waals surface area contributed by atoms with Crippen molar-refractivity contribution in [2.24, 2.45) is 0 Å². The van der Waals surface area contributed by atoms with Crippen molar-refractivity contribution < 1.29 is 13.9 Å². The zero-order chi connectivity index (χ0) is 14.5. The summed E-state index contributed by atoms with van der Waals surface area (Å²) < 4.78 is 19.4. The molecule has 2 rings (SSSR count). The topological polar surface area (TPSA) is 29.5 Å². The van der Waals surface area contributed by atoms with Crippen molar-refractivity contribution in [1.82, 2.24) is 4.90 Å². The van der Waals surface area contributed by atoms with Crippen LogP contribution in [0.3, 0.4) is 0 Å². The third-order valence-electron chi connectivity index (χ3n) is 3.32. The van der Waals surface area contributed by atoms with Crippen molar-refractivity contribution in [2.45, 2.75) is 18.9 Å². The summed E-state index contributed by atoms with van der Waals surface area (Å²) in [5.41, 5.74) is 0.366. The standard InChI is InChI=1S/C14H16BrClFNO2/c15-13-2-1-10(17)9-12(13)14(19)18-6-3-11(4-7-18)20-8-5-16/h1-2,9,11H,3-8H2. The van der Waals surface area contributed by atoms with Crippen molar-refractivity contribution in [2.75, 3.05) is 25.6 Å². The average Bonchev–Trinajstić information content (AvgIpc) is 2.47. The highest BCUT2D eigenvalue weighted by Crippen LogP contribution is 2.22. The SMILES string of the molecule is O=C(c1cc(F)ccc1Br)N1CCC(OCCCl)CC1. The third-order valence-corrected chi connectivity index (χ3v) is 4.16. The lowest BCUT2D eigenvalue weighted by Gasteiger charge is -2.32. The molecule has 1 aromatic rings. The van der Waals surface area contributed by atoms with Crippen LogP contribution >= 0.6 is 27.5 Å². The fourth-order valence-electron chi connectivity index (χ4n) is 2.27. The maximum absolute atomic E-state index is 13.3. The fraction of sp³-hybridized carbons (Fsp3) is 0.500. The summed E-state index contributed by atoms with van der Waals surface area (Å²) in [6.07, 6.45) is 1.74. The van der Waals surface area contributed by atoms with Crippen LogP contribution in [0.25, 0.3) is 0 Å². The Balaban J connectivity index is 1.96. The van der Waals surface area contributed by atoms with Crippen molar-refractivity contribution >= 4 is 33.4 Å². The molecule has 1 fully saturated rings. The molecule has 0 saturated carbocycles. The van der Waals surface area contributed by atoms with E-state index in [1.54, 1.807) is 11.0 Å². The van der Waals surface area contributed by atoms with E-state index < -0.39 is 5.82 Å². The second-order valence-corrected chi connectivity index (χ2v) is 5.91. The van der Waals surface area contributed by atoms with Crippen LogP contribution in [0, 0.1) is 5.82 Å². The normalized spacial score (nSPS) is 16.4. The number of alkyl halides is 1. The first-order valence-corrected chi connectivity index (χ1v) is 7.86. The molecule has 0 aromatic heterocycles. The monoisotopic (exact) mass is 363 g/mol. The molecule has 0 aliphatic carbocycles. The molecular formula is C14H16BrClFNO2. The molecule has 1 aliphatic heterocycles. The smallest absolute Gasteiger partial charge is 0.255 e. The van der Waals surface area contributed by atoms with E-state index in [4.69, 9.17) is 16.3 Å². The largest absolute Gasteiger partial charge is 0.377 e. The Bertz CT molecular complexity index is 478. The molecule has 1 aromatic carbocycles. The lowest BCUT2D eigenvalue weighted by molar-refractivity contribution is 0.0153. The highest BCUT2D eigenvalue weighted by Gasteiger charge is 2.25. The number of carbonyl (C=O) groups excluding carboxylic acids is 1. The van der Waals surface area contributed by atoms with Crippen LogP contribution in [0.5, 0.6) is 0 Å². The summed E-state index contributed by atoms with van der Waals surface area (Å²) in [6.45, 7) is 1.78. The minimum Gasteiger partial charge on any atom is -0.377 e. The summed E-state index contributed by atoms with van der Waals surface area (Å²) in [5.74, 6) is -0.0703. The second-order valence-electron chi connectivity index (χ2n) is 4.68. The fourth-order valence-corrected chi connectivity index (χ4v) is 2.77. The van der Waals surface area contributed by atoms with Gasteiger partial charge in [-0.25, -0.2) is 4.39 Å². The number of hydrogen-bond donors (Lipinski definition) is 0. The van der Waals surface area contributed by atoms with Gasteiger partial charge in [0.2, 0.25) is 0 Å². The van der Waals surface area contributed by atoms with Crippen molar-refractivity contribution in [3.63, 3.8) is 0 Å². The zero-order valence-corrected chi connectivity index (χ0v) is 13.3. The Kier molecular flexibility index (Phi) is 5.81. The molecule has 6 heteroatoms. The van der Waals surface area contributed by atoms with E-state index in [-0.39, 0.29) is 12.0 Å². The van der Waals surface area contributed by atoms with E-state index in [1.165, 1.54) is 12.1 Å². The number of amides is 1. The predicted molar refractivity (Wildman–Crippen MR) is 79.7 cm³/mol. The summed E-state index contributed by atoms with van der Waals surface area (Å²) in [7, 11) is 0. The van der Waals surface area contributed by atoms with Crippen LogP contribution in [0.15, 0.2) is 22.7 Å². The van der Waals surface area contributed by atoms with Crippen LogP contribution in [0.4, 0.5) is 4.39 Å². The van der Waals surface area contributed by atoms with Crippen LogP contribution in [-0.2, 0) is 4.74 Å². The van der Waals surface area contributed by atoms with Gasteiger partial charge in [0, 0.05) is 23.4 Å². The molecule has 1 saturated heterocycles. The van der Waals surface area contributed by atoms with E-state index in [2.05, 4.69) is 15.9 Å². The number of likely N-dealkylation sites (tertiary alicyclic amines) is 1. The number of benzene rings is 1. The van der Waals surface area contributed by atoms with Gasteiger partial charge in [-0.15, -0.1) is 11.6 Å². The van der Waals surface area contributed by atoms with Gasteiger partial charge in [-0.2, -0.15) is 0 Å².